The van der Waals surface area contributed by atoms with Gasteiger partial charge in [-0.05, 0) is 23.6 Å². The van der Waals surface area contributed by atoms with Gasteiger partial charge in [0.25, 0.3) is 0 Å². The predicted molar refractivity (Wildman–Crippen MR) is 121 cm³/mol. The van der Waals surface area contributed by atoms with Gasteiger partial charge in [0.15, 0.2) is 0 Å². The Balaban J connectivity index is 1.50. The smallest absolute Gasteiger partial charge is 0.228 e. The molecular weight excluding hydrogens is 407 g/mol. The minimum absolute atomic E-state index is 0.264. The molecule has 1 fully saturated rings. The SMILES string of the molecule is C[C@H]1OC(F)[C@H](OCc2ccccc2)[C@@H](OCc2ccccc2)[C@H]1OCc1ccccc1. The molecule has 0 spiro atoms. The number of rotatable bonds is 9. The first-order valence-corrected chi connectivity index (χ1v) is 11.0. The highest BCUT2D eigenvalue weighted by Crippen LogP contribution is 2.30. The molecule has 0 amide bonds. The fraction of sp³-hybridized carbons (Fsp3) is 0.333. The van der Waals surface area contributed by atoms with Crippen molar-refractivity contribution in [3.8, 4) is 0 Å². The standard InChI is InChI=1S/C27H29FO4/c1-20-24(29-17-21-11-5-2-6-12-21)25(30-18-22-13-7-3-8-14-22)26(27(28)32-20)31-19-23-15-9-4-10-16-23/h2-16,20,24-27H,17-19H2,1H3/t20-,24+,25+,26-,27?/m1/s1. The molecule has 0 N–H and O–H groups in total. The lowest BCUT2D eigenvalue weighted by molar-refractivity contribution is -0.288. The van der Waals surface area contributed by atoms with Crippen molar-refractivity contribution in [3.05, 3.63) is 108 Å². The summed E-state index contributed by atoms with van der Waals surface area (Å²) in [7, 11) is 0. The van der Waals surface area contributed by atoms with Crippen molar-refractivity contribution >= 4 is 0 Å². The van der Waals surface area contributed by atoms with E-state index < -0.39 is 30.8 Å². The second-order valence-electron chi connectivity index (χ2n) is 7.98. The lowest BCUT2D eigenvalue weighted by Crippen LogP contribution is -2.58. The third-order valence-corrected chi connectivity index (χ3v) is 5.57. The zero-order valence-electron chi connectivity index (χ0n) is 18.2. The van der Waals surface area contributed by atoms with Crippen LogP contribution in [0.25, 0.3) is 0 Å². The Morgan fingerprint density at radius 3 is 1.41 bits per heavy atom. The van der Waals surface area contributed by atoms with E-state index in [0.29, 0.717) is 13.2 Å². The van der Waals surface area contributed by atoms with Gasteiger partial charge in [-0.3, -0.25) is 0 Å². The number of alkyl halides is 1. The van der Waals surface area contributed by atoms with Crippen molar-refractivity contribution in [2.24, 2.45) is 0 Å². The molecule has 3 aromatic carbocycles. The van der Waals surface area contributed by atoms with Gasteiger partial charge >= 0.3 is 0 Å². The number of ether oxygens (including phenoxy) is 4. The van der Waals surface area contributed by atoms with Gasteiger partial charge in [-0.15, -0.1) is 0 Å². The Bertz CT molecular complexity index is 867. The predicted octanol–water partition coefficient (Wildman–Crippen LogP) is 5.46. The highest BCUT2D eigenvalue weighted by molar-refractivity contribution is 5.15. The van der Waals surface area contributed by atoms with Crippen molar-refractivity contribution < 1.29 is 23.3 Å². The van der Waals surface area contributed by atoms with E-state index in [1.165, 1.54) is 0 Å². The van der Waals surface area contributed by atoms with Gasteiger partial charge in [0, 0.05) is 0 Å². The van der Waals surface area contributed by atoms with Crippen LogP contribution in [0.2, 0.25) is 0 Å². The Kier molecular flexibility index (Phi) is 8.02. The van der Waals surface area contributed by atoms with Crippen LogP contribution >= 0.6 is 0 Å². The molecule has 1 saturated heterocycles. The second-order valence-corrected chi connectivity index (χ2v) is 7.98. The molecule has 0 bridgehead atoms. The van der Waals surface area contributed by atoms with Gasteiger partial charge in [0.05, 0.1) is 25.9 Å². The van der Waals surface area contributed by atoms with E-state index >= 15 is 4.39 Å². The first kappa shape index (κ1) is 22.6. The van der Waals surface area contributed by atoms with Crippen LogP contribution in [-0.4, -0.2) is 30.8 Å². The van der Waals surface area contributed by atoms with Crippen molar-refractivity contribution in [3.63, 3.8) is 0 Å². The average molecular weight is 437 g/mol. The molecular formula is C27H29FO4. The van der Waals surface area contributed by atoms with Gasteiger partial charge in [0.2, 0.25) is 6.36 Å². The molecule has 0 aliphatic carbocycles. The number of halogens is 1. The molecule has 5 heteroatoms. The fourth-order valence-electron chi connectivity index (χ4n) is 3.85. The maximum absolute atomic E-state index is 15.0. The van der Waals surface area contributed by atoms with Crippen LogP contribution < -0.4 is 0 Å². The van der Waals surface area contributed by atoms with Crippen LogP contribution in [0.5, 0.6) is 0 Å². The van der Waals surface area contributed by atoms with Gasteiger partial charge in [0.1, 0.15) is 18.3 Å². The molecule has 168 valence electrons. The van der Waals surface area contributed by atoms with E-state index in [4.69, 9.17) is 18.9 Å². The van der Waals surface area contributed by atoms with E-state index in [1.807, 2.05) is 97.9 Å². The summed E-state index contributed by atoms with van der Waals surface area (Å²) < 4.78 is 39.1. The van der Waals surface area contributed by atoms with Crippen molar-refractivity contribution in [1.29, 1.82) is 0 Å². The topological polar surface area (TPSA) is 36.9 Å². The van der Waals surface area contributed by atoms with E-state index in [-0.39, 0.29) is 6.61 Å². The minimum atomic E-state index is -1.61. The second kappa shape index (κ2) is 11.3. The summed E-state index contributed by atoms with van der Waals surface area (Å²) in [6.07, 6.45) is -4.10. The summed E-state index contributed by atoms with van der Waals surface area (Å²) in [6, 6.07) is 29.4. The third kappa shape index (κ3) is 6.02. The van der Waals surface area contributed by atoms with Gasteiger partial charge < -0.3 is 18.9 Å². The minimum Gasteiger partial charge on any atom is -0.368 e. The summed E-state index contributed by atoms with van der Waals surface area (Å²) in [6.45, 7) is 2.79. The fourth-order valence-corrected chi connectivity index (χ4v) is 3.85. The van der Waals surface area contributed by atoms with Gasteiger partial charge in [-0.25, -0.2) is 4.39 Å². The summed E-state index contributed by atoms with van der Waals surface area (Å²) in [5.74, 6) is 0. The molecule has 1 aliphatic heterocycles. The summed E-state index contributed by atoms with van der Waals surface area (Å²) in [5.41, 5.74) is 3.00. The number of hydrogen-bond donors (Lipinski definition) is 0. The van der Waals surface area contributed by atoms with Crippen LogP contribution in [0.4, 0.5) is 4.39 Å². The van der Waals surface area contributed by atoms with E-state index in [0.717, 1.165) is 16.7 Å². The van der Waals surface area contributed by atoms with Crippen LogP contribution in [0, 0.1) is 0 Å². The zero-order valence-corrected chi connectivity index (χ0v) is 18.2. The number of hydrogen-bond acceptors (Lipinski definition) is 4. The van der Waals surface area contributed by atoms with Gasteiger partial charge in [-0.1, -0.05) is 91.0 Å². The number of benzene rings is 3. The molecule has 0 aromatic heterocycles. The first-order chi connectivity index (χ1) is 15.7. The van der Waals surface area contributed by atoms with E-state index in [2.05, 4.69) is 0 Å². The molecule has 0 saturated carbocycles. The summed E-state index contributed by atoms with van der Waals surface area (Å²) >= 11 is 0. The lowest BCUT2D eigenvalue weighted by atomic mass is 9.99. The van der Waals surface area contributed by atoms with Crippen LogP contribution in [0.3, 0.4) is 0 Å². The molecule has 3 aromatic rings. The molecule has 4 nitrogen and oxygen atoms in total. The van der Waals surface area contributed by atoms with Crippen molar-refractivity contribution in [1.82, 2.24) is 0 Å². The lowest BCUT2D eigenvalue weighted by Gasteiger charge is -2.42. The molecule has 1 unspecified atom stereocenters. The maximum atomic E-state index is 15.0. The summed E-state index contributed by atoms with van der Waals surface area (Å²) in [4.78, 5) is 0. The molecule has 1 aliphatic rings. The van der Waals surface area contributed by atoms with Crippen molar-refractivity contribution in [2.75, 3.05) is 0 Å². The first-order valence-electron chi connectivity index (χ1n) is 11.0. The monoisotopic (exact) mass is 436 g/mol. The average Bonchev–Trinajstić information content (AvgIpc) is 2.83. The van der Waals surface area contributed by atoms with Crippen LogP contribution in [-0.2, 0) is 38.8 Å². The Labute approximate surface area is 188 Å². The maximum Gasteiger partial charge on any atom is 0.228 e. The third-order valence-electron chi connectivity index (χ3n) is 5.57. The van der Waals surface area contributed by atoms with Gasteiger partial charge in [-0.2, -0.15) is 0 Å². The Morgan fingerprint density at radius 2 is 0.969 bits per heavy atom. The molecule has 1 heterocycles. The summed E-state index contributed by atoms with van der Waals surface area (Å²) in [5, 5.41) is 0. The van der Waals surface area contributed by atoms with Crippen LogP contribution in [0.1, 0.15) is 23.6 Å². The Hall–Kier alpha value is -2.57. The van der Waals surface area contributed by atoms with Crippen LogP contribution in [0.15, 0.2) is 91.0 Å². The molecule has 0 radical (unpaired) electrons. The molecule has 4 rings (SSSR count). The van der Waals surface area contributed by atoms with E-state index in [1.54, 1.807) is 0 Å². The molecule has 5 atom stereocenters. The van der Waals surface area contributed by atoms with E-state index in [9.17, 15) is 0 Å². The highest BCUT2D eigenvalue weighted by atomic mass is 19.1. The van der Waals surface area contributed by atoms with Crippen molar-refractivity contribution in [2.45, 2.75) is 57.5 Å². The quantitative estimate of drug-likeness (QED) is 0.447. The Morgan fingerprint density at radius 1 is 0.594 bits per heavy atom. The highest BCUT2D eigenvalue weighted by Gasteiger charge is 2.47. The largest absolute Gasteiger partial charge is 0.368 e. The normalized spacial score (nSPS) is 25.5. The molecule has 32 heavy (non-hydrogen) atoms. The zero-order chi connectivity index (χ0) is 22.2.